The fourth-order valence-corrected chi connectivity index (χ4v) is 3.65. The summed E-state index contributed by atoms with van der Waals surface area (Å²) in [7, 11) is 4.15. The second-order valence-corrected chi connectivity index (χ2v) is 6.77. The molecule has 0 amide bonds. The van der Waals surface area contributed by atoms with Gasteiger partial charge >= 0.3 is 0 Å². The van der Waals surface area contributed by atoms with E-state index in [0.29, 0.717) is 0 Å². The third-order valence-corrected chi connectivity index (χ3v) is 4.37. The third-order valence-electron chi connectivity index (χ3n) is 4.37. The van der Waals surface area contributed by atoms with Gasteiger partial charge in [-0.05, 0) is 56.3 Å². The predicted molar refractivity (Wildman–Crippen MR) is 101 cm³/mol. The van der Waals surface area contributed by atoms with Crippen LogP contribution in [0.5, 0.6) is 0 Å². The van der Waals surface area contributed by atoms with Crippen molar-refractivity contribution in [1.29, 1.82) is 0 Å². The number of fused-ring (bicyclic) bond motifs is 2. The van der Waals surface area contributed by atoms with E-state index in [1.54, 1.807) is 0 Å². The van der Waals surface area contributed by atoms with E-state index in [1.807, 2.05) is 19.3 Å². The molecule has 2 bridgehead atoms. The van der Waals surface area contributed by atoms with Crippen LogP contribution in [0.15, 0.2) is 37.2 Å². The first-order chi connectivity index (χ1) is 11.2. The molecule has 1 aliphatic heterocycles. The fourth-order valence-electron chi connectivity index (χ4n) is 3.65. The van der Waals surface area contributed by atoms with Crippen LogP contribution >= 0.6 is 0 Å². The maximum absolute atomic E-state index is 4.25. The molecule has 1 N–H and O–H groups in total. The number of hydrogen-bond donors (Lipinski definition) is 1. The summed E-state index contributed by atoms with van der Waals surface area (Å²) in [5.41, 5.74) is 1.46. The molecule has 0 aromatic carbocycles. The first kappa shape index (κ1) is 19.9. The number of piperidine rings is 1. The summed E-state index contributed by atoms with van der Waals surface area (Å²) in [4.78, 5) is 6.74. The van der Waals surface area contributed by atoms with Gasteiger partial charge in [0.05, 0.1) is 0 Å². The standard InChI is InChI=1S/C13H18N2.C4H9N.C3H8/c1-15-8-10-5-12(9-15)13(6-10)11-3-2-4-14-7-11;1-3-4-5-2;1-3-2/h2-4,7,10,12-13H,5-6,8-9H2,1H3;3,5H,1,4H2,2H3;3H2,1-2H3. The van der Waals surface area contributed by atoms with Crippen LogP contribution in [0.25, 0.3) is 0 Å². The lowest BCUT2D eigenvalue weighted by Crippen LogP contribution is -2.33. The van der Waals surface area contributed by atoms with Gasteiger partial charge < -0.3 is 10.2 Å². The van der Waals surface area contributed by atoms with Crippen molar-refractivity contribution < 1.29 is 0 Å². The van der Waals surface area contributed by atoms with Gasteiger partial charge in [-0.1, -0.05) is 32.4 Å². The Morgan fingerprint density at radius 2 is 2.09 bits per heavy atom. The molecular formula is C20H35N3. The molecule has 1 aromatic heterocycles. The highest BCUT2D eigenvalue weighted by Crippen LogP contribution is 2.45. The zero-order valence-electron chi connectivity index (χ0n) is 15.5. The topological polar surface area (TPSA) is 28.2 Å². The van der Waals surface area contributed by atoms with Gasteiger partial charge in [-0.2, -0.15) is 0 Å². The number of hydrogen-bond acceptors (Lipinski definition) is 3. The van der Waals surface area contributed by atoms with Gasteiger partial charge in [-0.25, -0.2) is 0 Å². The van der Waals surface area contributed by atoms with Gasteiger partial charge in [0, 0.05) is 32.0 Å². The second-order valence-electron chi connectivity index (χ2n) is 6.77. The molecule has 2 heterocycles. The van der Waals surface area contributed by atoms with Crippen molar-refractivity contribution >= 4 is 0 Å². The van der Waals surface area contributed by atoms with Crippen LogP contribution in [-0.2, 0) is 0 Å². The second kappa shape index (κ2) is 11.4. The van der Waals surface area contributed by atoms with E-state index in [0.717, 1.165) is 24.3 Å². The molecule has 23 heavy (non-hydrogen) atoms. The van der Waals surface area contributed by atoms with E-state index < -0.39 is 0 Å². The molecule has 3 nitrogen and oxygen atoms in total. The van der Waals surface area contributed by atoms with Crippen LogP contribution in [0.2, 0.25) is 0 Å². The molecule has 1 aliphatic carbocycles. The molecule has 3 rings (SSSR count). The van der Waals surface area contributed by atoms with Crippen molar-refractivity contribution in [3.8, 4) is 0 Å². The zero-order valence-corrected chi connectivity index (χ0v) is 15.5. The van der Waals surface area contributed by atoms with E-state index in [2.05, 4.69) is 61.0 Å². The Bertz CT molecular complexity index is 418. The zero-order chi connectivity index (χ0) is 17.1. The highest BCUT2D eigenvalue weighted by molar-refractivity contribution is 5.19. The average Bonchev–Trinajstić information content (AvgIpc) is 2.85. The van der Waals surface area contributed by atoms with Crippen molar-refractivity contribution in [2.45, 2.75) is 39.0 Å². The Hall–Kier alpha value is -1.19. The number of likely N-dealkylation sites (tertiary alicyclic amines) is 1. The highest BCUT2D eigenvalue weighted by Gasteiger charge is 2.39. The van der Waals surface area contributed by atoms with Crippen molar-refractivity contribution in [3.05, 3.63) is 42.7 Å². The number of rotatable bonds is 3. The van der Waals surface area contributed by atoms with Crippen molar-refractivity contribution in [3.63, 3.8) is 0 Å². The summed E-state index contributed by atoms with van der Waals surface area (Å²) >= 11 is 0. The number of aromatic nitrogens is 1. The van der Waals surface area contributed by atoms with E-state index in [4.69, 9.17) is 0 Å². The number of nitrogens with one attached hydrogen (secondary N) is 1. The Kier molecular flexibility index (Phi) is 9.81. The predicted octanol–water partition coefficient (Wildman–Crippen LogP) is 3.94. The Balaban J connectivity index is 0.000000281. The summed E-state index contributed by atoms with van der Waals surface area (Å²) < 4.78 is 0. The van der Waals surface area contributed by atoms with Crippen molar-refractivity contribution in [1.82, 2.24) is 15.2 Å². The first-order valence-electron chi connectivity index (χ1n) is 9.00. The minimum absolute atomic E-state index is 0.772. The molecule has 0 spiro atoms. The van der Waals surface area contributed by atoms with E-state index in [9.17, 15) is 0 Å². The minimum Gasteiger partial charge on any atom is -0.316 e. The molecule has 3 atom stereocenters. The summed E-state index contributed by atoms with van der Waals surface area (Å²) in [5.74, 6) is 2.57. The Morgan fingerprint density at radius 3 is 2.61 bits per heavy atom. The first-order valence-corrected chi connectivity index (χ1v) is 9.00. The molecule has 0 radical (unpaired) electrons. The van der Waals surface area contributed by atoms with Crippen LogP contribution < -0.4 is 5.32 Å². The summed E-state index contributed by atoms with van der Waals surface area (Å²) in [6.45, 7) is 11.2. The van der Waals surface area contributed by atoms with Crippen LogP contribution in [0.1, 0.15) is 44.6 Å². The quantitative estimate of drug-likeness (QED) is 0.856. The summed E-state index contributed by atoms with van der Waals surface area (Å²) in [5, 5.41) is 2.90. The molecule has 130 valence electrons. The minimum atomic E-state index is 0.772. The molecule has 2 aliphatic rings. The number of pyridine rings is 1. The normalized spacial score (nSPS) is 25.7. The monoisotopic (exact) mass is 317 g/mol. The van der Waals surface area contributed by atoms with Gasteiger partial charge in [0.1, 0.15) is 0 Å². The molecule has 2 fully saturated rings. The van der Waals surface area contributed by atoms with E-state index in [-0.39, 0.29) is 0 Å². The molecule has 1 aromatic rings. The molecule has 3 unspecified atom stereocenters. The van der Waals surface area contributed by atoms with Crippen molar-refractivity contribution in [2.24, 2.45) is 11.8 Å². The Labute approximate surface area is 143 Å². The summed E-state index contributed by atoms with van der Waals surface area (Å²) in [6.07, 6.45) is 9.81. The van der Waals surface area contributed by atoms with Crippen LogP contribution in [-0.4, -0.2) is 43.6 Å². The third kappa shape index (κ3) is 6.84. The van der Waals surface area contributed by atoms with Gasteiger partial charge in [0.15, 0.2) is 0 Å². The average molecular weight is 318 g/mol. The molecule has 1 saturated heterocycles. The highest BCUT2D eigenvalue weighted by atomic mass is 15.1. The van der Waals surface area contributed by atoms with Crippen LogP contribution in [0.3, 0.4) is 0 Å². The molecule has 3 heteroatoms. The van der Waals surface area contributed by atoms with E-state index in [1.165, 1.54) is 37.9 Å². The van der Waals surface area contributed by atoms with Crippen LogP contribution in [0.4, 0.5) is 0 Å². The largest absolute Gasteiger partial charge is 0.316 e. The number of nitrogens with zero attached hydrogens (tertiary/aromatic N) is 2. The lowest BCUT2D eigenvalue weighted by Gasteiger charge is -2.29. The maximum atomic E-state index is 4.25. The van der Waals surface area contributed by atoms with Gasteiger partial charge in [0.25, 0.3) is 0 Å². The SMILES string of the molecule is C=CCNC.CCC.CN1CC2CC(C1)C(c1cccnc1)C2. The van der Waals surface area contributed by atoms with Crippen molar-refractivity contribution in [2.75, 3.05) is 33.7 Å². The fraction of sp³-hybridized carbons (Fsp3) is 0.650. The number of likely N-dealkylation sites (N-methyl/N-ethyl adjacent to an activating group) is 1. The van der Waals surface area contributed by atoms with Gasteiger partial charge in [-0.3, -0.25) is 4.98 Å². The van der Waals surface area contributed by atoms with Gasteiger partial charge in [0.2, 0.25) is 0 Å². The molecule has 1 saturated carbocycles. The lowest BCUT2D eigenvalue weighted by molar-refractivity contribution is 0.199. The summed E-state index contributed by atoms with van der Waals surface area (Å²) in [6, 6.07) is 4.32. The van der Waals surface area contributed by atoms with Gasteiger partial charge in [-0.15, -0.1) is 6.58 Å². The van der Waals surface area contributed by atoms with E-state index >= 15 is 0 Å². The smallest absolute Gasteiger partial charge is 0.0302 e. The van der Waals surface area contributed by atoms with Crippen LogP contribution in [0, 0.1) is 11.8 Å². The lowest BCUT2D eigenvalue weighted by atomic mass is 9.89. The maximum Gasteiger partial charge on any atom is 0.0302 e. The molecular weight excluding hydrogens is 282 g/mol. The Morgan fingerprint density at radius 1 is 1.35 bits per heavy atom.